The Morgan fingerprint density at radius 3 is 2.89 bits per heavy atom. The van der Waals surface area contributed by atoms with E-state index < -0.39 is 0 Å². The van der Waals surface area contributed by atoms with Gasteiger partial charge in [-0.25, -0.2) is 4.79 Å². The van der Waals surface area contributed by atoms with Crippen molar-refractivity contribution in [1.29, 1.82) is 0 Å². The third-order valence-electron chi connectivity index (χ3n) is 3.02. The lowest BCUT2D eigenvalue weighted by atomic mass is 9.99. The first-order chi connectivity index (χ1) is 8.70. The van der Waals surface area contributed by atoms with Gasteiger partial charge in [0.15, 0.2) is 0 Å². The van der Waals surface area contributed by atoms with E-state index in [1.54, 1.807) is 17.8 Å². The molecule has 1 atom stereocenters. The molecule has 1 aliphatic carbocycles. The van der Waals surface area contributed by atoms with Gasteiger partial charge in [-0.15, -0.1) is 11.8 Å². The molecule has 96 valence electrons. The number of carbonyl (C=O) groups is 2. The van der Waals surface area contributed by atoms with Crippen molar-refractivity contribution in [2.45, 2.75) is 35.8 Å². The Labute approximate surface area is 111 Å². The van der Waals surface area contributed by atoms with E-state index in [1.165, 1.54) is 7.11 Å². The minimum atomic E-state index is -0.319. The highest BCUT2D eigenvalue weighted by Gasteiger charge is 2.22. The Morgan fingerprint density at radius 1 is 1.39 bits per heavy atom. The highest BCUT2D eigenvalue weighted by Crippen LogP contribution is 2.34. The zero-order chi connectivity index (χ0) is 13.0. The molecule has 18 heavy (non-hydrogen) atoms. The third kappa shape index (κ3) is 3.13. The molecule has 0 bridgehead atoms. The summed E-state index contributed by atoms with van der Waals surface area (Å²) in [5.41, 5.74) is 0.586. The maximum atomic E-state index is 11.6. The molecule has 0 radical (unpaired) electrons. The second-order valence-corrected chi connectivity index (χ2v) is 5.70. The summed E-state index contributed by atoms with van der Waals surface area (Å²) < 4.78 is 4.77. The maximum absolute atomic E-state index is 11.6. The minimum Gasteiger partial charge on any atom is -0.465 e. The number of hydrogen-bond acceptors (Lipinski definition) is 4. The van der Waals surface area contributed by atoms with Gasteiger partial charge in [-0.1, -0.05) is 12.1 Å². The van der Waals surface area contributed by atoms with Crippen LogP contribution in [0, 0.1) is 0 Å². The van der Waals surface area contributed by atoms with Gasteiger partial charge in [-0.2, -0.15) is 0 Å². The van der Waals surface area contributed by atoms with E-state index in [-0.39, 0.29) is 11.2 Å². The van der Waals surface area contributed by atoms with Crippen molar-refractivity contribution in [3.63, 3.8) is 0 Å². The van der Waals surface area contributed by atoms with E-state index in [4.69, 9.17) is 4.74 Å². The maximum Gasteiger partial charge on any atom is 0.338 e. The predicted octanol–water partition coefficient (Wildman–Crippen LogP) is 3.08. The summed E-state index contributed by atoms with van der Waals surface area (Å²) in [6.45, 7) is 0. The number of thioether (sulfide) groups is 1. The number of rotatable bonds is 3. The van der Waals surface area contributed by atoms with Crippen LogP contribution in [-0.2, 0) is 9.53 Å². The van der Waals surface area contributed by atoms with E-state index in [2.05, 4.69) is 0 Å². The molecular formula is C14H16O3S. The summed E-state index contributed by atoms with van der Waals surface area (Å²) in [6, 6.07) is 7.40. The number of esters is 1. The molecule has 1 saturated carbocycles. The molecule has 1 aromatic carbocycles. The Hall–Kier alpha value is -1.29. The second kappa shape index (κ2) is 6.05. The number of hydrogen-bond donors (Lipinski definition) is 0. The minimum absolute atomic E-state index is 0.289. The first-order valence-electron chi connectivity index (χ1n) is 6.06. The van der Waals surface area contributed by atoms with Crippen LogP contribution in [0.1, 0.15) is 36.0 Å². The van der Waals surface area contributed by atoms with E-state index in [0.29, 0.717) is 24.2 Å². The Bertz CT molecular complexity index is 456. The molecule has 0 N–H and O–H groups in total. The highest BCUT2D eigenvalue weighted by atomic mass is 32.2. The molecule has 0 heterocycles. The quantitative estimate of drug-likeness (QED) is 0.787. The van der Waals surface area contributed by atoms with Crippen molar-refractivity contribution >= 4 is 23.5 Å². The van der Waals surface area contributed by atoms with Gasteiger partial charge in [-0.3, -0.25) is 4.79 Å². The summed E-state index contributed by atoms with van der Waals surface area (Å²) in [7, 11) is 1.38. The molecule has 2 rings (SSSR count). The molecule has 0 aromatic heterocycles. The van der Waals surface area contributed by atoms with Crippen LogP contribution < -0.4 is 0 Å². The SMILES string of the molecule is COC(=O)c1ccccc1S[C@@H]1CCCC(=O)C1. The van der Waals surface area contributed by atoms with E-state index >= 15 is 0 Å². The van der Waals surface area contributed by atoms with Crippen LogP contribution in [0.3, 0.4) is 0 Å². The average molecular weight is 264 g/mol. The third-order valence-corrected chi connectivity index (χ3v) is 4.37. The van der Waals surface area contributed by atoms with E-state index in [1.807, 2.05) is 18.2 Å². The van der Waals surface area contributed by atoms with E-state index in [0.717, 1.165) is 17.7 Å². The summed E-state index contributed by atoms with van der Waals surface area (Å²) in [5.74, 6) is 0.00883. The van der Waals surface area contributed by atoms with Crippen LogP contribution in [0.25, 0.3) is 0 Å². The number of methoxy groups -OCH3 is 1. The summed E-state index contributed by atoms with van der Waals surface area (Å²) in [4.78, 5) is 24.0. The molecule has 0 amide bonds. The van der Waals surface area contributed by atoms with Crippen LogP contribution in [0.2, 0.25) is 0 Å². The Kier molecular flexibility index (Phi) is 4.42. The van der Waals surface area contributed by atoms with Crippen LogP contribution >= 0.6 is 11.8 Å². The molecule has 0 aliphatic heterocycles. The molecular weight excluding hydrogens is 248 g/mol. The topological polar surface area (TPSA) is 43.4 Å². The van der Waals surface area contributed by atoms with Gasteiger partial charge >= 0.3 is 5.97 Å². The summed E-state index contributed by atoms with van der Waals surface area (Å²) in [5, 5.41) is 0.289. The van der Waals surface area contributed by atoms with Crippen LogP contribution in [0.15, 0.2) is 29.2 Å². The van der Waals surface area contributed by atoms with Gasteiger partial charge in [0.05, 0.1) is 12.7 Å². The zero-order valence-electron chi connectivity index (χ0n) is 10.3. The lowest BCUT2D eigenvalue weighted by molar-refractivity contribution is -0.120. The van der Waals surface area contributed by atoms with Gasteiger partial charge in [0, 0.05) is 23.0 Å². The predicted molar refractivity (Wildman–Crippen MR) is 70.9 cm³/mol. The molecule has 1 fully saturated rings. The normalized spacial score (nSPS) is 19.6. The number of carbonyl (C=O) groups excluding carboxylic acids is 2. The average Bonchev–Trinajstić information content (AvgIpc) is 2.38. The van der Waals surface area contributed by atoms with Crippen molar-refractivity contribution in [2.24, 2.45) is 0 Å². The Balaban J connectivity index is 2.13. The van der Waals surface area contributed by atoms with Crippen LogP contribution in [0.4, 0.5) is 0 Å². The number of Topliss-reactive ketones (excluding diaryl/α,β-unsaturated/α-hetero) is 1. The highest BCUT2D eigenvalue weighted by molar-refractivity contribution is 8.00. The lowest BCUT2D eigenvalue weighted by Crippen LogP contribution is -2.17. The van der Waals surface area contributed by atoms with Gasteiger partial charge in [-0.05, 0) is 25.0 Å². The number of ketones is 1. The van der Waals surface area contributed by atoms with Crippen molar-refractivity contribution < 1.29 is 14.3 Å². The monoisotopic (exact) mass is 264 g/mol. The zero-order valence-corrected chi connectivity index (χ0v) is 11.2. The number of benzene rings is 1. The molecule has 3 nitrogen and oxygen atoms in total. The molecule has 0 spiro atoms. The molecule has 0 saturated heterocycles. The molecule has 1 aromatic rings. The fraction of sp³-hybridized carbons (Fsp3) is 0.429. The van der Waals surface area contributed by atoms with Gasteiger partial charge in [0.2, 0.25) is 0 Å². The summed E-state index contributed by atoms with van der Waals surface area (Å²) >= 11 is 1.62. The van der Waals surface area contributed by atoms with Gasteiger partial charge < -0.3 is 4.74 Å². The molecule has 0 unspecified atom stereocenters. The van der Waals surface area contributed by atoms with E-state index in [9.17, 15) is 9.59 Å². The summed E-state index contributed by atoms with van der Waals surface area (Å²) in [6.07, 6.45) is 3.30. The largest absolute Gasteiger partial charge is 0.465 e. The first-order valence-corrected chi connectivity index (χ1v) is 6.94. The van der Waals surface area contributed by atoms with Crippen LogP contribution in [-0.4, -0.2) is 24.1 Å². The smallest absolute Gasteiger partial charge is 0.338 e. The van der Waals surface area contributed by atoms with Crippen molar-refractivity contribution in [2.75, 3.05) is 7.11 Å². The van der Waals surface area contributed by atoms with Crippen molar-refractivity contribution in [1.82, 2.24) is 0 Å². The van der Waals surface area contributed by atoms with Gasteiger partial charge in [0.1, 0.15) is 5.78 Å². The van der Waals surface area contributed by atoms with Crippen LogP contribution in [0.5, 0.6) is 0 Å². The molecule has 4 heteroatoms. The first kappa shape index (κ1) is 13.1. The molecule has 1 aliphatic rings. The van der Waals surface area contributed by atoms with Crippen molar-refractivity contribution in [3.05, 3.63) is 29.8 Å². The standard InChI is InChI=1S/C14H16O3S/c1-17-14(16)12-7-2-3-8-13(12)18-11-6-4-5-10(15)9-11/h2-3,7-8,11H,4-6,9H2,1H3/t11-/m1/s1. The fourth-order valence-electron chi connectivity index (χ4n) is 2.11. The second-order valence-electron chi connectivity index (χ2n) is 4.36. The fourth-order valence-corrected chi connectivity index (χ4v) is 3.46. The number of ether oxygens (including phenoxy) is 1. The lowest BCUT2D eigenvalue weighted by Gasteiger charge is -2.21. The Morgan fingerprint density at radius 2 is 2.17 bits per heavy atom. The van der Waals surface area contributed by atoms with Crippen molar-refractivity contribution in [3.8, 4) is 0 Å². The van der Waals surface area contributed by atoms with Gasteiger partial charge in [0.25, 0.3) is 0 Å².